The van der Waals surface area contributed by atoms with Crippen molar-refractivity contribution in [3.8, 4) is 5.75 Å². The molecule has 2 rings (SSSR count). The SMILES string of the molecule is Cc1cc(C)c(N=Cc2cc(C(C)(C)C)cc(C(C)(C)C)c2O)c(C)c1. The zero-order valence-electron chi connectivity index (χ0n) is 17.8. The topological polar surface area (TPSA) is 32.6 Å². The van der Waals surface area contributed by atoms with Crippen LogP contribution in [0, 0.1) is 20.8 Å². The van der Waals surface area contributed by atoms with Crippen LogP contribution in [0.5, 0.6) is 5.75 Å². The molecule has 0 amide bonds. The average molecular weight is 352 g/mol. The number of benzene rings is 2. The minimum atomic E-state index is -0.135. The highest BCUT2D eigenvalue weighted by Crippen LogP contribution is 2.37. The van der Waals surface area contributed by atoms with Crippen LogP contribution in [0.4, 0.5) is 5.69 Å². The first-order valence-corrected chi connectivity index (χ1v) is 9.30. The first-order chi connectivity index (χ1) is 11.8. The summed E-state index contributed by atoms with van der Waals surface area (Å²) in [7, 11) is 0. The van der Waals surface area contributed by atoms with Gasteiger partial charge in [0, 0.05) is 17.3 Å². The zero-order chi connectivity index (χ0) is 19.9. The summed E-state index contributed by atoms with van der Waals surface area (Å²) < 4.78 is 0. The van der Waals surface area contributed by atoms with E-state index in [0.29, 0.717) is 5.75 Å². The van der Waals surface area contributed by atoms with E-state index in [0.717, 1.165) is 27.9 Å². The molecule has 0 radical (unpaired) electrons. The third-order valence-corrected chi connectivity index (χ3v) is 4.78. The molecule has 2 aromatic carbocycles. The number of aliphatic imine (C=N–C) groups is 1. The number of phenols is 1. The van der Waals surface area contributed by atoms with Gasteiger partial charge in [-0.3, -0.25) is 4.99 Å². The fourth-order valence-corrected chi connectivity index (χ4v) is 3.27. The molecule has 0 unspecified atom stereocenters. The Morgan fingerprint density at radius 1 is 0.808 bits per heavy atom. The lowest BCUT2D eigenvalue weighted by Gasteiger charge is -2.27. The van der Waals surface area contributed by atoms with E-state index in [1.165, 1.54) is 11.1 Å². The van der Waals surface area contributed by atoms with Gasteiger partial charge >= 0.3 is 0 Å². The van der Waals surface area contributed by atoms with Gasteiger partial charge in [0.1, 0.15) is 5.75 Å². The van der Waals surface area contributed by atoms with Gasteiger partial charge in [-0.15, -0.1) is 0 Å². The molecular weight excluding hydrogens is 318 g/mol. The number of aryl methyl sites for hydroxylation is 3. The molecule has 2 aromatic rings. The van der Waals surface area contributed by atoms with E-state index in [2.05, 4.69) is 86.6 Å². The second-order valence-electron chi connectivity index (χ2n) is 9.47. The number of phenolic OH excluding ortho intramolecular Hbond substituents is 1. The quantitative estimate of drug-likeness (QED) is 0.603. The van der Waals surface area contributed by atoms with Crippen molar-refractivity contribution >= 4 is 11.9 Å². The van der Waals surface area contributed by atoms with Crippen LogP contribution in [0.3, 0.4) is 0 Å². The van der Waals surface area contributed by atoms with Gasteiger partial charge in [-0.05, 0) is 54.4 Å². The fraction of sp³-hybridized carbons (Fsp3) is 0.458. The lowest BCUT2D eigenvalue weighted by molar-refractivity contribution is 0.444. The normalized spacial score (nSPS) is 12.8. The number of nitrogens with zero attached hydrogens (tertiary/aromatic N) is 1. The molecule has 0 saturated heterocycles. The maximum Gasteiger partial charge on any atom is 0.128 e. The highest BCUT2D eigenvalue weighted by Gasteiger charge is 2.24. The molecule has 2 heteroatoms. The molecular formula is C24H33NO. The first-order valence-electron chi connectivity index (χ1n) is 9.30. The Morgan fingerprint density at radius 3 is 1.81 bits per heavy atom. The maximum absolute atomic E-state index is 10.9. The van der Waals surface area contributed by atoms with Gasteiger partial charge in [0.15, 0.2) is 0 Å². The van der Waals surface area contributed by atoms with Crippen molar-refractivity contribution < 1.29 is 5.11 Å². The molecule has 2 nitrogen and oxygen atoms in total. The molecule has 0 aliphatic heterocycles. The van der Waals surface area contributed by atoms with Crippen molar-refractivity contribution in [2.75, 3.05) is 0 Å². The molecule has 0 atom stereocenters. The number of hydrogen-bond donors (Lipinski definition) is 1. The van der Waals surface area contributed by atoms with Crippen LogP contribution in [-0.4, -0.2) is 11.3 Å². The van der Waals surface area contributed by atoms with Gasteiger partial charge in [-0.2, -0.15) is 0 Å². The van der Waals surface area contributed by atoms with Crippen LogP contribution in [-0.2, 0) is 10.8 Å². The van der Waals surface area contributed by atoms with Gasteiger partial charge in [0.25, 0.3) is 0 Å². The Balaban J connectivity index is 2.63. The van der Waals surface area contributed by atoms with Crippen molar-refractivity contribution in [3.05, 3.63) is 57.6 Å². The summed E-state index contributed by atoms with van der Waals surface area (Å²) in [6, 6.07) is 8.49. The molecule has 0 bridgehead atoms. The summed E-state index contributed by atoms with van der Waals surface area (Å²) in [6.07, 6.45) is 1.81. The zero-order valence-corrected chi connectivity index (χ0v) is 17.8. The summed E-state index contributed by atoms with van der Waals surface area (Å²) >= 11 is 0. The van der Waals surface area contributed by atoms with Gasteiger partial charge in [-0.25, -0.2) is 0 Å². The maximum atomic E-state index is 10.9. The lowest BCUT2D eigenvalue weighted by Crippen LogP contribution is -2.17. The van der Waals surface area contributed by atoms with Gasteiger partial charge in [0.2, 0.25) is 0 Å². The van der Waals surface area contributed by atoms with E-state index in [4.69, 9.17) is 4.99 Å². The van der Waals surface area contributed by atoms with Gasteiger partial charge < -0.3 is 5.11 Å². The summed E-state index contributed by atoms with van der Waals surface area (Å²) in [5.74, 6) is 0.330. The molecule has 140 valence electrons. The lowest BCUT2D eigenvalue weighted by atomic mass is 9.79. The molecule has 0 heterocycles. The summed E-state index contributed by atoms with van der Waals surface area (Å²) in [5, 5.41) is 10.9. The van der Waals surface area contributed by atoms with Crippen LogP contribution in [0.15, 0.2) is 29.3 Å². The average Bonchev–Trinajstić information content (AvgIpc) is 2.45. The molecule has 26 heavy (non-hydrogen) atoms. The molecule has 0 saturated carbocycles. The van der Waals surface area contributed by atoms with Crippen molar-refractivity contribution in [2.24, 2.45) is 4.99 Å². The van der Waals surface area contributed by atoms with Crippen molar-refractivity contribution in [2.45, 2.75) is 73.1 Å². The van der Waals surface area contributed by atoms with Crippen molar-refractivity contribution in [3.63, 3.8) is 0 Å². The molecule has 0 fully saturated rings. The van der Waals surface area contributed by atoms with Crippen LogP contribution in [0.25, 0.3) is 0 Å². The number of aromatic hydroxyl groups is 1. The first kappa shape index (κ1) is 20.2. The Morgan fingerprint density at radius 2 is 1.35 bits per heavy atom. The van der Waals surface area contributed by atoms with E-state index < -0.39 is 0 Å². The van der Waals surface area contributed by atoms with Crippen molar-refractivity contribution in [1.82, 2.24) is 0 Å². The number of hydrogen-bond acceptors (Lipinski definition) is 2. The molecule has 1 N–H and O–H groups in total. The van der Waals surface area contributed by atoms with E-state index >= 15 is 0 Å². The minimum absolute atomic E-state index is 0.00593. The Bertz CT molecular complexity index is 823. The van der Waals surface area contributed by atoms with E-state index in [1.807, 2.05) is 6.21 Å². The Kier molecular flexibility index (Phi) is 5.37. The Labute approximate surface area is 159 Å². The van der Waals surface area contributed by atoms with E-state index in [-0.39, 0.29) is 10.8 Å². The molecule has 0 aromatic heterocycles. The highest BCUT2D eigenvalue weighted by molar-refractivity contribution is 5.87. The van der Waals surface area contributed by atoms with Crippen LogP contribution < -0.4 is 0 Å². The Hall–Kier alpha value is -2.09. The fourth-order valence-electron chi connectivity index (χ4n) is 3.27. The smallest absolute Gasteiger partial charge is 0.128 e. The number of rotatable bonds is 2. The standard InChI is InChI=1S/C24H33NO/c1-15-10-16(2)21(17(3)11-15)25-14-18-12-19(23(4,5)6)13-20(22(18)26)24(7,8)9/h10-14,26H,1-9H3. The van der Waals surface area contributed by atoms with E-state index in [1.54, 1.807) is 0 Å². The van der Waals surface area contributed by atoms with Gasteiger partial charge in [-0.1, -0.05) is 65.3 Å². The summed E-state index contributed by atoms with van der Waals surface area (Å²) in [6.45, 7) is 19.2. The highest BCUT2D eigenvalue weighted by atomic mass is 16.3. The summed E-state index contributed by atoms with van der Waals surface area (Å²) in [4.78, 5) is 4.74. The molecule has 0 aliphatic carbocycles. The van der Waals surface area contributed by atoms with Gasteiger partial charge in [0.05, 0.1) is 5.69 Å². The molecule has 0 spiro atoms. The third kappa shape index (κ3) is 4.35. The largest absolute Gasteiger partial charge is 0.507 e. The van der Waals surface area contributed by atoms with Crippen LogP contribution >= 0.6 is 0 Å². The second-order valence-corrected chi connectivity index (χ2v) is 9.47. The predicted octanol–water partition coefficient (Wildman–Crippen LogP) is 6.66. The van der Waals surface area contributed by atoms with Crippen LogP contribution in [0.1, 0.15) is 74.9 Å². The predicted molar refractivity (Wildman–Crippen MR) is 113 cm³/mol. The monoisotopic (exact) mass is 351 g/mol. The summed E-state index contributed by atoms with van der Waals surface area (Å²) in [5.41, 5.74) is 7.35. The van der Waals surface area contributed by atoms with Crippen LogP contribution in [0.2, 0.25) is 0 Å². The minimum Gasteiger partial charge on any atom is -0.507 e. The van der Waals surface area contributed by atoms with E-state index in [9.17, 15) is 5.11 Å². The third-order valence-electron chi connectivity index (χ3n) is 4.78. The second kappa shape index (κ2) is 6.90. The van der Waals surface area contributed by atoms with Crippen molar-refractivity contribution in [1.29, 1.82) is 0 Å². The molecule has 0 aliphatic rings.